The Labute approximate surface area is 127 Å². The summed E-state index contributed by atoms with van der Waals surface area (Å²) in [6.07, 6.45) is 0.874. The van der Waals surface area contributed by atoms with E-state index < -0.39 is 0 Å². The number of likely N-dealkylation sites (tertiary alicyclic amines) is 1. The molecule has 0 aliphatic carbocycles. The van der Waals surface area contributed by atoms with Gasteiger partial charge in [-0.1, -0.05) is 15.9 Å². The van der Waals surface area contributed by atoms with Crippen LogP contribution in [0.25, 0.3) is 0 Å². The minimum absolute atomic E-state index is 0.0135. The molecular weight excluding hydrogens is 322 g/mol. The summed E-state index contributed by atoms with van der Waals surface area (Å²) in [6.45, 7) is 5.33. The van der Waals surface area contributed by atoms with Gasteiger partial charge in [0.25, 0.3) is 5.91 Å². The van der Waals surface area contributed by atoms with E-state index in [0.29, 0.717) is 24.4 Å². The van der Waals surface area contributed by atoms with Gasteiger partial charge in [-0.3, -0.25) is 4.79 Å². The van der Waals surface area contributed by atoms with Crippen LogP contribution in [0, 0.1) is 5.92 Å². The lowest BCUT2D eigenvalue weighted by Gasteiger charge is -2.20. The summed E-state index contributed by atoms with van der Waals surface area (Å²) in [6, 6.07) is 5.46. The Balaban J connectivity index is 2.21. The van der Waals surface area contributed by atoms with Crippen molar-refractivity contribution < 1.29 is 14.6 Å². The fraction of sp³-hybridized carbons (Fsp3) is 0.533. The van der Waals surface area contributed by atoms with E-state index in [0.717, 1.165) is 10.9 Å². The summed E-state index contributed by atoms with van der Waals surface area (Å²) in [5, 5.41) is 9.18. The van der Waals surface area contributed by atoms with Crippen LogP contribution in [0.2, 0.25) is 0 Å². The van der Waals surface area contributed by atoms with Gasteiger partial charge in [0.05, 0.1) is 11.7 Å². The van der Waals surface area contributed by atoms with Crippen LogP contribution in [0.15, 0.2) is 22.7 Å². The molecule has 1 amide bonds. The Bertz CT molecular complexity index is 490. The quantitative estimate of drug-likeness (QED) is 0.915. The Kier molecular flexibility index (Phi) is 5.05. The van der Waals surface area contributed by atoms with Gasteiger partial charge in [-0.15, -0.1) is 0 Å². The molecule has 1 aromatic carbocycles. The van der Waals surface area contributed by atoms with E-state index in [-0.39, 0.29) is 24.5 Å². The second kappa shape index (κ2) is 6.59. The van der Waals surface area contributed by atoms with Gasteiger partial charge in [0.2, 0.25) is 0 Å². The van der Waals surface area contributed by atoms with Crippen molar-refractivity contribution in [3.05, 3.63) is 28.2 Å². The number of amides is 1. The van der Waals surface area contributed by atoms with Gasteiger partial charge >= 0.3 is 0 Å². The number of nitrogens with zero attached hydrogens (tertiary/aromatic N) is 1. The molecule has 4 nitrogen and oxygen atoms in total. The van der Waals surface area contributed by atoms with Crippen molar-refractivity contribution in [1.82, 2.24) is 4.90 Å². The average Bonchev–Trinajstić information content (AvgIpc) is 2.86. The molecule has 5 heteroatoms. The van der Waals surface area contributed by atoms with Crippen LogP contribution in [0.5, 0.6) is 5.75 Å². The predicted octanol–water partition coefficient (Wildman–Crippen LogP) is 2.69. The van der Waals surface area contributed by atoms with Crippen LogP contribution in [0.3, 0.4) is 0 Å². The zero-order valence-corrected chi connectivity index (χ0v) is 13.4. The number of benzene rings is 1. The highest BCUT2D eigenvalue weighted by Gasteiger charge is 2.28. The first-order valence-electron chi connectivity index (χ1n) is 6.87. The number of hydrogen-bond donors (Lipinski definition) is 1. The summed E-state index contributed by atoms with van der Waals surface area (Å²) in [4.78, 5) is 14.4. The molecule has 0 saturated carbocycles. The third kappa shape index (κ3) is 3.52. The molecule has 1 saturated heterocycles. The average molecular weight is 342 g/mol. The van der Waals surface area contributed by atoms with Crippen molar-refractivity contribution in [3.63, 3.8) is 0 Å². The molecule has 20 heavy (non-hydrogen) atoms. The minimum Gasteiger partial charge on any atom is -0.490 e. The smallest absolute Gasteiger partial charge is 0.257 e. The topological polar surface area (TPSA) is 49.8 Å². The molecular formula is C15H20BrNO3. The highest BCUT2D eigenvalue weighted by atomic mass is 79.9. The monoisotopic (exact) mass is 341 g/mol. The van der Waals surface area contributed by atoms with Gasteiger partial charge in [0.15, 0.2) is 0 Å². The molecule has 1 atom stereocenters. The molecule has 0 bridgehead atoms. The SMILES string of the molecule is CC(C)Oc1cc(Br)ccc1C(=O)N1CCC(CO)C1. The summed E-state index contributed by atoms with van der Waals surface area (Å²) in [5.41, 5.74) is 0.584. The molecule has 1 heterocycles. The number of aliphatic hydroxyl groups is 1. The fourth-order valence-electron chi connectivity index (χ4n) is 2.36. The first-order chi connectivity index (χ1) is 9.51. The van der Waals surface area contributed by atoms with E-state index in [2.05, 4.69) is 15.9 Å². The van der Waals surface area contributed by atoms with Crippen molar-refractivity contribution >= 4 is 21.8 Å². The molecule has 2 rings (SSSR count). The van der Waals surface area contributed by atoms with Crippen LogP contribution in [-0.4, -0.2) is 41.7 Å². The van der Waals surface area contributed by atoms with Gasteiger partial charge in [0.1, 0.15) is 5.75 Å². The van der Waals surface area contributed by atoms with Gasteiger partial charge in [0, 0.05) is 30.1 Å². The van der Waals surface area contributed by atoms with Gasteiger partial charge in [-0.25, -0.2) is 0 Å². The van der Waals surface area contributed by atoms with E-state index in [4.69, 9.17) is 4.74 Å². The van der Waals surface area contributed by atoms with E-state index in [1.54, 1.807) is 11.0 Å². The molecule has 1 aromatic rings. The van der Waals surface area contributed by atoms with Crippen molar-refractivity contribution in [2.45, 2.75) is 26.4 Å². The Morgan fingerprint density at radius 1 is 1.55 bits per heavy atom. The van der Waals surface area contributed by atoms with Crippen molar-refractivity contribution in [2.75, 3.05) is 19.7 Å². The van der Waals surface area contributed by atoms with E-state index in [9.17, 15) is 9.90 Å². The molecule has 0 aromatic heterocycles. The van der Waals surface area contributed by atoms with Crippen LogP contribution in [0.4, 0.5) is 0 Å². The normalized spacial score (nSPS) is 18.6. The zero-order valence-electron chi connectivity index (χ0n) is 11.8. The number of aliphatic hydroxyl groups excluding tert-OH is 1. The number of ether oxygens (including phenoxy) is 1. The molecule has 1 N–H and O–H groups in total. The van der Waals surface area contributed by atoms with Gasteiger partial charge < -0.3 is 14.7 Å². The lowest BCUT2D eigenvalue weighted by molar-refractivity contribution is 0.0775. The summed E-state index contributed by atoms with van der Waals surface area (Å²) in [7, 11) is 0. The maximum Gasteiger partial charge on any atom is 0.257 e. The lowest BCUT2D eigenvalue weighted by Crippen LogP contribution is -2.29. The maximum atomic E-state index is 12.6. The standard InChI is InChI=1S/C15H20BrNO3/c1-10(2)20-14-7-12(16)3-4-13(14)15(19)17-6-5-11(8-17)9-18/h3-4,7,10-11,18H,5-6,8-9H2,1-2H3. The molecule has 1 fully saturated rings. The first kappa shape index (κ1) is 15.3. The first-order valence-corrected chi connectivity index (χ1v) is 7.67. The highest BCUT2D eigenvalue weighted by Crippen LogP contribution is 2.28. The maximum absolute atomic E-state index is 12.6. The van der Waals surface area contributed by atoms with Crippen molar-refractivity contribution in [3.8, 4) is 5.75 Å². The Morgan fingerprint density at radius 3 is 2.90 bits per heavy atom. The Morgan fingerprint density at radius 2 is 2.30 bits per heavy atom. The van der Waals surface area contributed by atoms with Crippen molar-refractivity contribution in [1.29, 1.82) is 0 Å². The third-order valence-corrected chi connectivity index (χ3v) is 3.86. The van der Waals surface area contributed by atoms with Crippen LogP contribution >= 0.6 is 15.9 Å². The predicted molar refractivity (Wildman–Crippen MR) is 81.0 cm³/mol. The zero-order chi connectivity index (χ0) is 14.7. The van der Waals surface area contributed by atoms with Crippen molar-refractivity contribution in [2.24, 2.45) is 5.92 Å². The lowest BCUT2D eigenvalue weighted by atomic mass is 10.1. The van der Waals surface area contributed by atoms with Gasteiger partial charge in [-0.05, 0) is 38.5 Å². The number of halogens is 1. The summed E-state index contributed by atoms with van der Waals surface area (Å²) in [5.74, 6) is 0.778. The Hall–Kier alpha value is -1.07. The van der Waals surface area contributed by atoms with Crippen LogP contribution < -0.4 is 4.74 Å². The second-order valence-electron chi connectivity index (χ2n) is 5.40. The van der Waals surface area contributed by atoms with Crippen LogP contribution in [0.1, 0.15) is 30.6 Å². The molecule has 1 unspecified atom stereocenters. The number of carbonyl (C=O) groups is 1. The summed E-state index contributed by atoms with van der Waals surface area (Å²) < 4.78 is 6.62. The third-order valence-electron chi connectivity index (χ3n) is 3.37. The molecule has 0 radical (unpaired) electrons. The molecule has 1 aliphatic heterocycles. The van der Waals surface area contributed by atoms with E-state index >= 15 is 0 Å². The second-order valence-corrected chi connectivity index (χ2v) is 6.31. The van der Waals surface area contributed by atoms with E-state index in [1.807, 2.05) is 26.0 Å². The molecule has 1 aliphatic rings. The summed E-state index contributed by atoms with van der Waals surface area (Å²) >= 11 is 3.40. The minimum atomic E-state index is -0.0240. The number of hydrogen-bond acceptors (Lipinski definition) is 3. The highest BCUT2D eigenvalue weighted by molar-refractivity contribution is 9.10. The largest absolute Gasteiger partial charge is 0.490 e. The number of carbonyl (C=O) groups excluding carboxylic acids is 1. The van der Waals surface area contributed by atoms with E-state index in [1.165, 1.54) is 0 Å². The number of rotatable bonds is 4. The van der Waals surface area contributed by atoms with Crippen LogP contribution in [-0.2, 0) is 0 Å². The fourth-order valence-corrected chi connectivity index (χ4v) is 2.70. The molecule has 0 spiro atoms. The van der Waals surface area contributed by atoms with Gasteiger partial charge in [-0.2, -0.15) is 0 Å². The molecule has 110 valence electrons.